The van der Waals surface area contributed by atoms with Crippen LogP contribution in [0.25, 0.3) is 0 Å². The first-order valence-electron chi connectivity index (χ1n) is 7.50. The molecule has 0 aliphatic carbocycles. The van der Waals surface area contributed by atoms with Gasteiger partial charge in [0, 0.05) is 22.6 Å². The van der Waals surface area contributed by atoms with Crippen LogP contribution in [0.4, 0.5) is 0 Å². The van der Waals surface area contributed by atoms with E-state index in [0.29, 0.717) is 19.1 Å². The Morgan fingerprint density at radius 1 is 1.43 bits per heavy atom. The van der Waals surface area contributed by atoms with Crippen molar-refractivity contribution in [3.63, 3.8) is 0 Å². The number of amides is 1. The van der Waals surface area contributed by atoms with Gasteiger partial charge in [0.15, 0.2) is 0 Å². The molecule has 5 heteroatoms. The smallest absolute Gasteiger partial charge is 0.220 e. The van der Waals surface area contributed by atoms with Crippen molar-refractivity contribution in [1.82, 2.24) is 10.2 Å². The van der Waals surface area contributed by atoms with Crippen LogP contribution in [0.5, 0.6) is 5.75 Å². The summed E-state index contributed by atoms with van der Waals surface area (Å²) in [5.74, 6) is 0.991. The second-order valence-electron chi connectivity index (χ2n) is 5.49. The monoisotopic (exact) mass is 402 g/mol. The minimum absolute atomic E-state index is 0.126. The largest absolute Gasteiger partial charge is 0.494 e. The maximum atomic E-state index is 11.8. The molecule has 1 fully saturated rings. The molecule has 1 aromatic carbocycles. The van der Waals surface area contributed by atoms with Crippen molar-refractivity contribution in [3.8, 4) is 5.75 Å². The second-order valence-corrected chi connectivity index (χ2v) is 6.73. The zero-order valence-electron chi connectivity index (χ0n) is 12.5. The van der Waals surface area contributed by atoms with Gasteiger partial charge in [0.1, 0.15) is 5.75 Å². The van der Waals surface area contributed by atoms with Crippen LogP contribution >= 0.6 is 22.6 Å². The van der Waals surface area contributed by atoms with Crippen molar-refractivity contribution < 1.29 is 9.53 Å². The molecular formula is C16H23IN2O2. The van der Waals surface area contributed by atoms with Gasteiger partial charge in [-0.2, -0.15) is 0 Å². The fourth-order valence-electron chi connectivity index (χ4n) is 2.51. The number of carbonyl (C=O) groups excluding carboxylic acids is 1. The van der Waals surface area contributed by atoms with E-state index in [4.69, 9.17) is 4.74 Å². The van der Waals surface area contributed by atoms with E-state index in [2.05, 4.69) is 39.9 Å². The van der Waals surface area contributed by atoms with E-state index >= 15 is 0 Å². The first-order valence-corrected chi connectivity index (χ1v) is 8.58. The SMILES string of the molecule is CN1CCC[C@@H]1CNC(=O)CCCOc1ccc(I)cc1. The molecule has 1 amide bonds. The summed E-state index contributed by atoms with van der Waals surface area (Å²) >= 11 is 2.26. The number of nitrogens with one attached hydrogen (secondary N) is 1. The molecule has 4 nitrogen and oxygen atoms in total. The van der Waals surface area contributed by atoms with Gasteiger partial charge in [-0.1, -0.05) is 0 Å². The van der Waals surface area contributed by atoms with Gasteiger partial charge in [-0.05, 0) is 79.7 Å². The summed E-state index contributed by atoms with van der Waals surface area (Å²) in [4.78, 5) is 14.1. The summed E-state index contributed by atoms with van der Waals surface area (Å²) < 4.78 is 6.81. The van der Waals surface area contributed by atoms with Crippen molar-refractivity contribution in [2.75, 3.05) is 26.7 Å². The molecule has 1 saturated heterocycles. The molecule has 0 unspecified atom stereocenters. The predicted molar refractivity (Wildman–Crippen MR) is 92.5 cm³/mol. The quantitative estimate of drug-likeness (QED) is 0.563. The van der Waals surface area contributed by atoms with E-state index in [1.807, 2.05) is 24.3 Å². The number of likely N-dealkylation sites (tertiary alicyclic amines) is 1. The number of rotatable bonds is 7. The van der Waals surface area contributed by atoms with Crippen LogP contribution in [0.15, 0.2) is 24.3 Å². The van der Waals surface area contributed by atoms with Crippen molar-refractivity contribution >= 4 is 28.5 Å². The molecule has 0 aromatic heterocycles. The third-order valence-corrected chi connectivity index (χ3v) is 4.56. The van der Waals surface area contributed by atoms with Crippen LogP contribution in [0.1, 0.15) is 25.7 Å². The lowest BCUT2D eigenvalue weighted by molar-refractivity contribution is -0.121. The van der Waals surface area contributed by atoms with Crippen LogP contribution in [-0.2, 0) is 4.79 Å². The van der Waals surface area contributed by atoms with Gasteiger partial charge < -0.3 is 15.0 Å². The van der Waals surface area contributed by atoms with Crippen molar-refractivity contribution in [1.29, 1.82) is 0 Å². The van der Waals surface area contributed by atoms with E-state index in [9.17, 15) is 4.79 Å². The summed E-state index contributed by atoms with van der Waals surface area (Å²) in [6, 6.07) is 8.45. The maximum Gasteiger partial charge on any atom is 0.220 e. The summed E-state index contributed by atoms with van der Waals surface area (Å²) in [5, 5.41) is 3.02. The number of benzene rings is 1. The Labute approximate surface area is 140 Å². The van der Waals surface area contributed by atoms with Gasteiger partial charge in [-0.3, -0.25) is 4.79 Å². The second kappa shape index (κ2) is 8.58. The lowest BCUT2D eigenvalue weighted by atomic mass is 10.2. The van der Waals surface area contributed by atoms with Crippen LogP contribution < -0.4 is 10.1 Å². The molecule has 0 spiro atoms. The highest BCUT2D eigenvalue weighted by Gasteiger charge is 2.20. The number of ether oxygens (including phenoxy) is 1. The number of nitrogens with zero attached hydrogens (tertiary/aromatic N) is 1. The van der Waals surface area contributed by atoms with Gasteiger partial charge in [0.25, 0.3) is 0 Å². The topological polar surface area (TPSA) is 41.6 Å². The van der Waals surface area contributed by atoms with E-state index in [1.165, 1.54) is 16.4 Å². The zero-order valence-corrected chi connectivity index (χ0v) is 14.6. The number of carbonyl (C=O) groups is 1. The molecule has 1 atom stereocenters. The van der Waals surface area contributed by atoms with Crippen LogP contribution in [0, 0.1) is 3.57 Å². The van der Waals surface area contributed by atoms with Gasteiger partial charge >= 0.3 is 0 Å². The molecule has 1 aliphatic heterocycles. The molecule has 0 radical (unpaired) electrons. The summed E-state index contributed by atoms with van der Waals surface area (Å²) in [5.41, 5.74) is 0. The minimum Gasteiger partial charge on any atom is -0.494 e. The van der Waals surface area contributed by atoms with Crippen LogP contribution in [0.2, 0.25) is 0 Å². The molecule has 0 saturated carbocycles. The summed E-state index contributed by atoms with van der Waals surface area (Å²) in [6.45, 7) is 2.50. The molecule has 1 heterocycles. The van der Waals surface area contributed by atoms with E-state index in [0.717, 1.165) is 25.3 Å². The highest BCUT2D eigenvalue weighted by atomic mass is 127. The molecule has 21 heavy (non-hydrogen) atoms. The van der Waals surface area contributed by atoms with Gasteiger partial charge in [-0.15, -0.1) is 0 Å². The fraction of sp³-hybridized carbons (Fsp3) is 0.562. The fourth-order valence-corrected chi connectivity index (χ4v) is 2.87. The number of likely N-dealkylation sites (N-methyl/N-ethyl adjacent to an activating group) is 1. The van der Waals surface area contributed by atoms with E-state index in [-0.39, 0.29) is 5.91 Å². The van der Waals surface area contributed by atoms with Crippen molar-refractivity contribution in [3.05, 3.63) is 27.8 Å². The average Bonchev–Trinajstić information content (AvgIpc) is 2.89. The summed E-state index contributed by atoms with van der Waals surface area (Å²) in [7, 11) is 2.12. The molecular weight excluding hydrogens is 379 g/mol. The Bertz CT molecular complexity index is 450. The maximum absolute atomic E-state index is 11.8. The summed E-state index contributed by atoms with van der Waals surface area (Å²) in [6.07, 6.45) is 3.70. The minimum atomic E-state index is 0.126. The van der Waals surface area contributed by atoms with E-state index < -0.39 is 0 Å². The molecule has 1 aromatic rings. The molecule has 1 N–H and O–H groups in total. The Balaban J connectivity index is 1.55. The highest BCUT2D eigenvalue weighted by Crippen LogP contribution is 2.14. The van der Waals surface area contributed by atoms with Gasteiger partial charge in [-0.25, -0.2) is 0 Å². The zero-order chi connectivity index (χ0) is 15.1. The Kier molecular flexibility index (Phi) is 6.76. The van der Waals surface area contributed by atoms with Crippen molar-refractivity contribution in [2.45, 2.75) is 31.7 Å². The normalized spacial score (nSPS) is 18.7. The standard InChI is InChI=1S/C16H23IN2O2/c1-19-10-2-4-14(19)12-18-16(20)5-3-11-21-15-8-6-13(17)7-9-15/h6-9,14H,2-5,10-12H2,1H3,(H,18,20)/t14-/m1/s1. The molecule has 116 valence electrons. The molecule has 1 aliphatic rings. The van der Waals surface area contributed by atoms with Gasteiger partial charge in [0.2, 0.25) is 5.91 Å². The van der Waals surface area contributed by atoms with Gasteiger partial charge in [0.05, 0.1) is 6.61 Å². The number of halogens is 1. The first kappa shape index (κ1) is 16.5. The van der Waals surface area contributed by atoms with E-state index in [1.54, 1.807) is 0 Å². The third-order valence-electron chi connectivity index (χ3n) is 3.84. The van der Waals surface area contributed by atoms with Crippen LogP contribution in [-0.4, -0.2) is 43.6 Å². The number of hydrogen-bond donors (Lipinski definition) is 1. The first-order chi connectivity index (χ1) is 10.1. The average molecular weight is 402 g/mol. The van der Waals surface area contributed by atoms with Crippen molar-refractivity contribution in [2.24, 2.45) is 0 Å². The third kappa shape index (κ3) is 5.82. The predicted octanol–water partition coefficient (Wildman–Crippen LogP) is 2.66. The highest BCUT2D eigenvalue weighted by molar-refractivity contribution is 14.1. The molecule has 0 bridgehead atoms. The Morgan fingerprint density at radius 2 is 2.19 bits per heavy atom. The molecule has 2 rings (SSSR count). The lowest BCUT2D eigenvalue weighted by Crippen LogP contribution is -2.38. The number of hydrogen-bond acceptors (Lipinski definition) is 3. The Hall–Kier alpha value is -0.820. The Morgan fingerprint density at radius 3 is 2.86 bits per heavy atom. The van der Waals surface area contributed by atoms with Crippen LogP contribution in [0.3, 0.4) is 0 Å². The lowest BCUT2D eigenvalue weighted by Gasteiger charge is -2.19.